The van der Waals surface area contributed by atoms with E-state index in [1.54, 1.807) is 25.3 Å². The van der Waals surface area contributed by atoms with E-state index < -0.39 is 0 Å². The Morgan fingerprint density at radius 2 is 1.37 bits per heavy atom. The third-order valence-corrected chi connectivity index (χ3v) is 4.82. The highest BCUT2D eigenvalue weighted by Gasteiger charge is 2.18. The van der Waals surface area contributed by atoms with Gasteiger partial charge in [0.25, 0.3) is 5.69 Å². The normalized spacial score (nSPS) is 10.4. The lowest BCUT2D eigenvalue weighted by atomic mass is 9.97. The van der Waals surface area contributed by atoms with E-state index in [0.717, 1.165) is 22.4 Å². The summed E-state index contributed by atoms with van der Waals surface area (Å²) in [5.74, 6) is 2.23. The minimum atomic E-state index is -0.370. The number of benzene rings is 3. The molecule has 0 heterocycles. The van der Waals surface area contributed by atoms with Gasteiger partial charge >= 0.3 is 0 Å². The summed E-state index contributed by atoms with van der Waals surface area (Å²) in [5.41, 5.74) is 3.27. The van der Waals surface area contributed by atoms with E-state index in [-0.39, 0.29) is 10.6 Å². The summed E-state index contributed by atoms with van der Waals surface area (Å²) in [7, 11) is 6.21. The van der Waals surface area contributed by atoms with Gasteiger partial charge in [0.1, 0.15) is 5.75 Å². The molecule has 3 rings (SSSR count). The molecular formula is C23H23NO6. The Hall–Kier alpha value is -3.74. The first-order valence-corrected chi connectivity index (χ1v) is 9.21. The fourth-order valence-corrected chi connectivity index (χ4v) is 3.33. The first kappa shape index (κ1) is 21.0. The van der Waals surface area contributed by atoms with Crippen LogP contribution in [-0.2, 0) is 6.42 Å². The van der Waals surface area contributed by atoms with Crippen molar-refractivity contribution >= 4 is 5.69 Å². The van der Waals surface area contributed by atoms with Crippen molar-refractivity contribution in [2.24, 2.45) is 0 Å². The van der Waals surface area contributed by atoms with Crippen LogP contribution in [-0.4, -0.2) is 33.4 Å². The van der Waals surface area contributed by atoms with Crippen molar-refractivity contribution in [2.45, 2.75) is 6.42 Å². The van der Waals surface area contributed by atoms with Crippen molar-refractivity contribution in [2.75, 3.05) is 28.4 Å². The number of rotatable bonds is 8. The molecular weight excluding hydrogens is 386 g/mol. The van der Waals surface area contributed by atoms with Gasteiger partial charge in [0.2, 0.25) is 5.75 Å². The number of nitro groups is 1. The number of nitrogens with zero attached hydrogens (tertiary/aromatic N) is 1. The summed E-state index contributed by atoms with van der Waals surface area (Å²) < 4.78 is 21.3. The van der Waals surface area contributed by atoms with Gasteiger partial charge in [-0.25, -0.2) is 0 Å². The molecule has 0 spiro atoms. The van der Waals surface area contributed by atoms with Gasteiger partial charge in [-0.3, -0.25) is 10.1 Å². The zero-order valence-electron chi connectivity index (χ0n) is 17.3. The second-order valence-corrected chi connectivity index (χ2v) is 6.54. The van der Waals surface area contributed by atoms with E-state index in [1.165, 1.54) is 27.4 Å². The van der Waals surface area contributed by atoms with Crippen LogP contribution >= 0.6 is 0 Å². The van der Waals surface area contributed by atoms with Gasteiger partial charge in [0, 0.05) is 18.1 Å². The SMILES string of the molecule is COc1ccc(-c2ccc([N+](=O)[O-])c(Cc3cc(OC)c(OC)c(OC)c3)c2)cc1. The maximum atomic E-state index is 11.6. The predicted molar refractivity (Wildman–Crippen MR) is 114 cm³/mol. The molecule has 7 nitrogen and oxygen atoms in total. The monoisotopic (exact) mass is 409 g/mol. The first-order chi connectivity index (χ1) is 14.5. The second kappa shape index (κ2) is 9.17. The third kappa shape index (κ3) is 4.30. The topological polar surface area (TPSA) is 80.1 Å². The third-order valence-electron chi connectivity index (χ3n) is 4.82. The molecule has 0 saturated heterocycles. The molecule has 0 aliphatic rings. The number of ether oxygens (including phenoxy) is 4. The predicted octanol–water partition coefficient (Wildman–Crippen LogP) is 4.89. The van der Waals surface area contributed by atoms with Gasteiger partial charge < -0.3 is 18.9 Å². The van der Waals surface area contributed by atoms with E-state index in [9.17, 15) is 10.1 Å². The molecule has 3 aromatic carbocycles. The van der Waals surface area contributed by atoms with Crippen LogP contribution in [0.1, 0.15) is 11.1 Å². The highest BCUT2D eigenvalue weighted by atomic mass is 16.6. The summed E-state index contributed by atoms with van der Waals surface area (Å²) in [6, 6.07) is 16.3. The number of methoxy groups -OCH3 is 4. The average Bonchev–Trinajstić information content (AvgIpc) is 2.78. The molecule has 156 valence electrons. The van der Waals surface area contributed by atoms with Crippen LogP contribution in [0.5, 0.6) is 23.0 Å². The van der Waals surface area contributed by atoms with Crippen LogP contribution in [0, 0.1) is 10.1 Å². The summed E-state index contributed by atoms with van der Waals surface area (Å²) >= 11 is 0. The molecule has 3 aromatic rings. The zero-order valence-corrected chi connectivity index (χ0v) is 17.3. The van der Waals surface area contributed by atoms with Crippen LogP contribution < -0.4 is 18.9 Å². The van der Waals surface area contributed by atoms with Gasteiger partial charge in [-0.1, -0.05) is 12.1 Å². The smallest absolute Gasteiger partial charge is 0.272 e. The summed E-state index contributed by atoms with van der Waals surface area (Å²) in [6.07, 6.45) is 0.330. The molecule has 0 atom stereocenters. The maximum Gasteiger partial charge on any atom is 0.272 e. The van der Waals surface area contributed by atoms with Crippen LogP contribution in [0.3, 0.4) is 0 Å². The van der Waals surface area contributed by atoms with Crippen molar-refractivity contribution in [3.05, 3.63) is 75.8 Å². The molecule has 0 aliphatic carbocycles. The Kier molecular flexibility index (Phi) is 6.41. The van der Waals surface area contributed by atoms with Gasteiger partial charge in [-0.2, -0.15) is 0 Å². The Balaban J connectivity index is 2.04. The minimum absolute atomic E-state index is 0.0565. The molecule has 0 unspecified atom stereocenters. The van der Waals surface area contributed by atoms with Crippen LogP contribution in [0.15, 0.2) is 54.6 Å². The maximum absolute atomic E-state index is 11.6. The molecule has 0 bridgehead atoms. The van der Waals surface area contributed by atoms with Gasteiger partial charge in [0.15, 0.2) is 11.5 Å². The van der Waals surface area contributed by atoms with Crippen molar-refractivity contribution in [3.8, 4) is 34.1 Å². The zero-order chi connectivity index (χ0) is 21.7. The van der Waals surface area contributed by atoms with Crippen LogP contribution in [0.25, 0.3) is 11.1 Å². The summed E-state index contributed by atoms with van der Waals surface area (Å²) in [5, 5.41) is 11.6. The largest absolute Gasteiger partial charge is 0.497 e. The van der Waals surface area contributed by atoms with Crippen LogP contribution in [0.4, 0.5) is 5.69 Å². The van der Waals surface area contributed by atoms with E-state index in [1.807, 2.05) is 30.3 Å². The fourth-order valence-electron chi connectivity index (χ4n) is 3.33. The highest BCUT2D eigenvalue weighted by Crippen LogP contribution is 2.39. The molecule has 0 fully saturated rings. The average molecular weight is 409 g/mol. The van der Waals surface area contributed by atoms with Crippen LogP contribution in [0.2, 0.25) is 0 Å². The molecule has 0 aliphatic heterocycles. The Labute approximate surface area is 174 Å². The summed E-state index contributed by atoms with van der Waals surface area (Å²) in [4.78, 5) is 11.2. The number of hydrogen-bond donors (Lipinski definition) is 0. The van der Waals surface area contributed by atoms with E-state index in [0.29, 0.717) is 29.2 Å². The van der Waals surface area contributed by atoms with E-state index in [2.05, 4.69) is 0 Å². The summed E-state index contributed by atoms with van der Waals surface area (Å²) in [6.45, 7) is 0. The van der Waals surface area contributed by atoms with E-state index in [4.69, 9.17) is 18.9 Å². The molecule has 30 heavy (non-hydrogen) atoms. The Bertz CT molecular complexity index is 1020. The Morgan fingerprint density at radius 1 is 0.767 bits per heavy atom. The quantitative estimate of drug-likeness (QED) is 0.389. The highest BCUT2D eigenvalue weighted by molar-refractivity contribution is 5.68. The number of nitro benzene ring substituents is 1. The van der Waals surface area contributed by atoms with Crippen molar-refractivity contribution in [1.29, 1.82) is 0 Å². The molecule has 0 N–H and O–H groups in total. The molecule has 7 heteroatoms. The van der Waals surface area contributed by atoms with Crippen molar-refractivity contribution in [1.82, 2.24) is 0 Å². The van der Waals surface area contributed by atoms with Gasteiger partial charge in [0.05, 0.1) is 33.4 Å². The standard InChI is InChI=1S/C23H23NO6/c1-27-19-8-5-16(6-9-19)17-7-10-20(24(25)26)18(14-17)11-15-12-21(28-2)23(30-4)22(13-15)29-3/h5-10,12-14H,11H2,1-4H3. The van der Waals surface area contributed by atoms with Crippen molar-refractivity contribution in [3.63, 3.8) is 0 Å². The lowest BCUT2D eigenvalue weighted by Gasteiger charge is -2.14. The fraction of sp³-hybridized carbons (Fsp3) is 0.217. The number of hydrogen-bond acceptors (Lipinski definition) is 6. The van der Waals surface area contributed by atoms with Crippen molar-refractivity contribution < 1.29 is 23.9 Å². The molecule has 0 aromatic heterocycles. The van der Waals surface area contributed by atoms with E-state index >= 15 is 0 Å². The molecule has 0 amide bonds. The lowest BCUT2D eigenvalue weighted by molar-refractivity contribution is -0.385. The van der Waals surface area contributed by atoms with Gasteiger partial charge in [-0.05, 0) is 53.1 Å². The molecule has 0 radical (unpaired) electrons. The first-order valence-electron chi connectivity index (χ1n) is 9.21. The lowest BCUT2D eigenvalue weighted by Crippen LogP contribution is -2.00. The Morgan fingerprint density at radius 3 is 1.87 bits per heavy atom. The second-order valence-electron chi connectivity index (χ2n) is 6.54. The molecule has 0 saturated carbocycles. The minimum Gasteiger partial charge on any atom is -0.497 e. The van der Waals surface area contributed by atoms with Gasteiger partial charge in [-0.15, -0.1) is 0 Å².